The van der Waals surface area contributed by atoms with Gasteiger partial charge in [-0.05, 0) is 38.4 Å². The first kappa shape index (κ1) is 14.9. The molecule has 1 fully saturated rings. The van der Waals surface area contributed by atoms with Crippen LogP contribution in [0.3, 0.4) is 0 Å². The third kappa shape index (κ3) is 4.23. The molecule has 1 aromatic rings. The van der Waals surface area contributed by atoms with Crippen molar-refractivity contribution >= 4 is 11.6 Å². The van der Waals surface area contributed by atoms with Gasteiger partial charge in [0.05, 0.1) is 0 Å². The molecule has 2 atom stereocenters. The minimum absolute atomic E-state index is 0.174. The average molecular weight is 275 g/mol. The van der Waals surface area contributed by atoms with Gasteiger partial charge in [0.2, 0.25) is 5.91 Å². The number of carbonyl (C=O) groups excluding carboxylic acids is 1. The number of carbonyl (C=O) groups is 1. The van der Waals surface area contributed by atoms with Crippen LogP contribution in [0, 0.1) is 5.92 Å². The number of anilines is 1. The number of benzene rings is 1. The van der Waals surface area contributed by atoms with Crippen LogP contribution < -0.4 is 15.5 Å². The molecule has 20 heavy (non-hydrogen) atoms. The largest absolute Gasteiger partial charge is 0.373 e. The Morgan fingerprint density at radius 2 is 2.15 bits per heavy atom. The van der Waals surface area contributed by atoms with Crippen molar-refractivity contribution in [3.8, 4) is 0 Å². The molecular formula is C16H25N3O. The lowest BCUT2D eigenvalue weighted by Gasteiger charge is -2.27. The molecule has 0 aliphatic carbocycles. The summed E-state index contributed by atoms with van der Waals surface area (Å²) in [6, 6.07) is 10.7. The third-order valence-corrected chi connectivity index (χ3v) is 3.94. The van der Waals surface area contributed by atoms with Gasteiger partial charge in [-0.2, -0.15) is 0 Å². The molecule has 0 radical (unpaired) electrons. The van der Waals surface area contributed by atoms with Crippen LogP contribution in [0.25, 0.3) is 0 Å². The molecule has 2 N–H and O–H groups in total. The first-order valence-corrected chi connectivity index (χ1v) is 7.44. The number of likely N-dealkylation sites (N-methyl/N-ethyl adjacent to an activating group) is 1. The predicted molar refractivity (Wildman–Crippen MR) is 82.9 cm³/mol. The molecule has 1 aromatic carbocycles. The van der Waals surface area contributed by atoms with Gasteiger partial charge in [0.1, 0.15) is 0 Å². The topological polar surface area (TPSA) is 44.4 Å². The zero-order chi connectivity index (χ0) is 14.4. The van der Waals surface area contributed by atoms with E-state index in [-0.39, 0.29) is 11.8 Å². The van der Waals surface area contributed by atoms with E-state index >= 15 is 0 Å². The van der Waals surface area contributed by atoms with Gasteiger partial charge >= 0.3 is 0 Å². The molecule has 0 bridgehead atoms. The van der Waals surface area contributed by atoms with Crippen LogP contribution in [0.5, 0.6) is 0 Å². The van der Waals surface area contributed by atoms with Crippen LogP contribution in [0.4, 0.5) is 5.69 Å². The highest BCUT2D eigenvalue weighted by Gasteiger charge is 2.24. The van der Waals surface area contributed by atoms with Gasteiger partial charge in [-0.25, -0.2) is 0 Å². The Balaban J connectivity index is 1.71. The maximum atomic E-state index is 12.1. The predicted octanol–water partition coefficient (Wildman–Crippen LogP) is 1.63. The molecule has 4 heteroatoms. The van der Waals surface area contributed by atoms with Crippen LogP contribution in [0.15, 0.2) is 30.3 Å². The summed E-state index contributed by atoms with van der Waals surface area (Å²) >= 11 is 0. The number of hydrogen-bond acceptors (Lipinski definition) is 3. The summed E-state index contributed by atoms with van der Waals surface area (Å²) in [6.07, 6.45) is 1.89. The second kappa shape index (κ2) is 7.29. The SMILES string of the molecule is C[C@H]1C[C@@H](C(=O)NCCN(C)c2ccccc2)CCN1. The number of nitrogens with zero attached hydrogens (tertiary/aromatic N) is 1. The minimum Gasteiger partial charge on any atom is -0.373 e. The van der Waals surface area contributed by atoms with Crippen molar-refractivity contribution < 1.29 is 4.79 Å². The molecular weight excluding hydrogens is 250 g/mol. The van der Waals surface area contributed by atoms with Crippen molar-refractivity contribution in [1.29, 1.82) is 0 Å². The van der Waals surface area contributed by atoms with Gasteiger partial charge in [0.15, 0.2) is 0 Å². The van der Waals surface area contributed by atoms with Crippen LogP contribution >= 0.6 is 0 Å². The molecule has 0 saturated carbocycles. The quantitative estimate of drug-likeness (QED) is 0.858. The standard InChI is InChI=1S/C16H25N3O/c1-13-12-14(8-9-17-13)16(20)18-10-11-19(2)15-6-4-3-5-7-15/h3-7,13-14,17H,8-12H2,1-2H3,(H,18,20)/t13-,14-/m0/s1. The summed E-state index contributed by atoms with van der Waals surface area (Å²) in [5, 5.41) is 6.44. The maximum Gasteiger partial charge on any atom is 0.223 e. The first-order valence-electron chi connectivity index (χ1n) is 7.44. The van der Waals surface area contributed by atoms with Gasteiger partial charge in [-0.3, -0.25) is 4.79 Å². The molecule has 1 aliphatic rings. The summed E-state index contributed by atoms with van der Waals surface area (Å²) in [5.41, 5.74) is 1.18. The Hall–Kier alpha value is -1.55. The van der Waals surface area contributed by atoms with E-state index in [4.69, 9.17) is 0 Å². The van der Waals surface area contributed by atoms with Crippen molar-refractivity contribution in [3.63, 3.8) is 0 Å². The van der Waals surface area contributed by atoms with Crippen LogP contribution in [0.1, 0.15) is 19.8 Å². The number of rotatable bonds is 5. The zero-order valence-electron chi connectivity index (χ0n) is 12.4. The Labute approximate surface area is 121 Å². The lowest BCUT2D eigenvalue weighted by molar-refractivity contribution is -0.125. The van der Waals surface area contributed by atoms with Gasteiger partial charge in [-0.15, -0.1) is 0 Å². The minimum atomic E-state index is 0.174. The van der Waals surface area contributed by atoms with E-state index in [2.05, 4.69) is 34.6 Å². The molecule has 110 valence electrons. The fourth-order valence-electron chi connectivity index (χ4n) is 2.67. The third-order valence-electron chi connectivity index (χ3n) is 3.94. The Kier molecular flexibility index (Phi) is 5.41. The molecule has 1 saturated heterocycles. The second-order valence-corrected chi connectivity index (χ2v) is 5.62. The van der Waals surface area contributed by atoms with Crippen molar-refractivity contribution in [3.05, 3.63) is 30.3 Å². The Bertz CT molecular complexity index is 421. The normalized spacial score (nSPS) is 22.3. The number of piperidine rings is 1. The monoisotopic (exact) mass is 275 g/mol. The fourth-order valence-corrected chi connectivity index (χ4v) is 2.67. The lowest BCUT2D eigenvalue weighted by Crippen LogP contribution is -2.43. The van der Waals surface area contributed by atoms with Gasteiger partial charge in [0, 0.05) is 37.8 Å². The number of hydrogen-bond donors (Lipinski definition) is 2. The molecule has 0 spiro atoms. The first-order chi connectivity index (χ1) is 9.66. The molecule has 1 aliphatic heterocycles. The molecule has 4 nitrogen and oxygen atoms in total. The Morgan fingerprint density at radius 3 is 2.85 bits per heavy atom. The van der Waals surface area contributed by atoms with Crippen molar-refractivity contribution in [2.75, 3.05) is 31.6 Å². The lowest BCUT2D eigenvalue weighted by atomic mass is 9.92. The fraction of sp³-hybridized carbons (Fsp3) is 0.562. The number of amides is 1. The maximum absolute atomic E-state index is 12.1. The Morgan fingerprint density at radius 1 is 1.40 bits per heavy atom. The highest BCUT2D eigenvalue weighted by molar-refractivity contribution is 5.78. The summed E-state index contributed by atoms with van der Waals surface area (Å²) in [4.78, 5) is 14.3. The van der Waals surface area contributed by atoms with Crippen molar-refractivity contribution in [2.24, 2.45) is 5.92 Å². The van der Waals surface area contributed by atoms with E-state index in [1.807, 2.05) is 25.2 Å². The zero-order valence-corrected chi connectivity index (χ0v) is 12.4. The summed E-state index contributed by atoms with van der Waals surface area (Å²) in [6.45, 7) is 4.62. The summed E-state index contributed by atoms with van der Waals surface area (Å²) in [5.74, 6) is 0.382. The average Bonchev–Trinajstić information content (AvgIpc) is 2.48. The van der Waals surface area contributed by atoms with Gasteiger partial charge < -0.3 is 15.5 Å². The summed E-state index contributed by atoms with van der Waals surface area (Å²) in [7, 11) is 2.05. The highest BCUT2D eigenvalue weighted by Crippen LogP contribution is 2.16. The van der Waals surface area contributed by atoms with Crippen LogP contribution in [-0.4, -0.2) is 38.6 Å². The second-order valence-electron chi connectivity index (χ2n) is 5.62. The van der Waals surface area contributed by atoms with E-state index in [1.165, 1.54) is 5.69 Å². The highest BCUT2D eigenvalue weighted by atomic mass is 16.1. The van der Waals surface area contributed by atoms with Gasteiger partial charge in [-0.1, -0.05) is 18.2 Å². The smallest absolute Gasteiger partial charge is 0.223 e. The number of para-hydroxylation sites is 1. The molecule has 0 unspecified atom stereocenters. The van der Waals surface area contributed by atoms with Crippen LogP contribution in [0.2, 0.25) is 0 Å². The van der Waals surface area contributed by atoms with E-state index in [9.17, 15) is 4.79 Å². The van der Waals surface area contributed by atoms with E-state index < -0.39 is 0 Å². The molecule has 1 heterocycles. The molecule has 2 rings (SSSR count). The van der Waals surface area contributed by atoms with Gasteiger partial charge in [0.25, 0.3) is 0 Å². The van der Waals surface area contributed by atoms with E-state index in [0.717, 1.165) is 25.9 Å². The summed E-state index contributed by atoms with van der Waals surface area (Å²) < 4.78 is 0. The molecule has 1 amide bonds. The van der Waals surface area contributed by atoms with E-state index in [0.29, 0.717) is 12.6 Å². The van der Waals surface area contributed by atoms with E-state index in [1.54, 1.807) is 0 Å². The van der Waals surface area contributed by atoms with Crippen molar-refractivity contribution in [1.82, 2.24) is 10.6 Å². The van der Waals surface area contributed by atoms with Crippen molar-refractivity contribution in [2.45, 2.75) is 25.8 Å². The molecule has 0 aromatic heterocycles. The number of nitrogens with one attached hydrogen (secondary N) is 2. The van der Waals surface area contributed by atoms with Crippen LogP contribution in [-0.2, 0) is 4.79 Å².